The predicted molar refractivity (Wildman–Crippen MR) is 89.1 cm³/mol. The highest BCUT2D eigenvalue weighted by molar-refractivity contribution is 6.30. The summed E-state index contributed by atoms with van der Waals surface area (Å²) in [6, 6.07) is 7.18. The third-order valence-electron chi connectivity index (χ3n) is 3.34. The number of carbonyl (C=O) groups is 1. The monoisotopic (exact) mass is 348 g/mol. The summed E-state index contributed by atoms with van der Waals surface area (Å²) < 4.78 is 11.1. The quantitative estimate of drug-likeness (QED) is 0.853. The van der Waals surface area contributed by atoms with Crippen LogP contribution in [-0.2, 0) is 9.53 Å². The molecule has 0 bridgehead atoms. The Labute approximate surface area is 142 Å². The molecule has 1 fully saturated rings. The van der Waals surface area contributed by atoms with E-state index in [0.29, 0.717) is 31.2 Å². The van der Waals surface area contributed by atoms with E-state index in [1.165, 1.54) is 0 Å². The average molecular weight is 349 g/mol. The fourth-order valence-corrected chi connectivity index (χ4v) is 2.18. The molecule has 1 heterocycles. The van der Waals surface area contributed by atoms with E-state index in [-0.39, 0.29) is 24.4 Å². The van der Waals surface area contributed by atoms with E-state index in [1.54, 1.807) is 24.1 Å². The summed E-state index contributed by atoms with van der Waals surface area (Å²) in [5.74, 6) is 0.823. The van der Waals surface area contributed by atoms with Crippen LogP contribution in [0.3, 0.4) is 0 Å². The lowest BCUT2D eigenvalue weighted by molar-refractivity contribution is -0.133. The van der Waals surface area contributed by atoms with Gasteiger partial charge in [0.15, 0.2) is 0 Å². The number of morpholine rings is 1. The van der Waals surface area contributed by atoms with Gasteiger partial charge in [0.05, 0.1) is 25.7 Å². The van der Waals surface area contributed by atoms with Crippen LogP contribution in [0.1, 0.15) is 6.42 Å². The van der Waals surface area contributed by atoms with Crippen molar-refractivity contribution in [2.75, 3.05) is 39.9 Å². The first-order valence-electron chi connectivity index (χ1n) is 7.10. The van der Waals surface area contributed by atoms with Crippen LogP contribution in [0.15, 0.2) is 24.3 Å². The zero-order valence-electron chi connectivity index (χ0n) is 12.6. The average Bonchev–Trinajstić information content (AvgIpc) is 2.50. The van der Waals surface area contributed by atoms with Crippen LogP contribution in [0.2, 0.25) is 5.02 Å². The highest BCUT2D eigenvalue weighted by atomic mass is 35.5. The Kier molecular flexibility index (Phi) is 8.56. The molecule has 1 aliphatic rings. The molecule has 5 nitrogen and oxygen atoms in total. The van der Waals surface area contributed by atoms with Crippen molar-refractivity contribution in [2.24, 2.45) is 0 Å². The van der Waals surface area contributed by atoms with E-state index in [1.807, 2.05) is 12.1 Å². The van der Waals surface area contributed by atoms with Crippen molar-refractivity contribution in [3.63, 3.8) is 0 Å². The van der Waals surface area contributed by atoms with Gasteiger partial charge in [-0.2, -0.15) is 0 Å². The predicted octanol–water partition coefficient (Wildman–Crippen LogP) is 1.98. The third-order valence-corrected chi connectivity index (χ3v) is 3.59. The summed E-state index contributed by atoms with van der Waals surface area (Å²) in [6.07, 6.45) is 0.385. The zero-order valence-corrected chi connectivity index (χ0v) is 14.2. The maximum Gasteiger partial charge on any atom is 0.225 e. The Morgan fingerprint density at radius 3 is 2.82 bits per heavy atom. The minimum absolute atomic E-state index is 0. The molecule has 1 amide bonds. The van der Waals surface area contributed by atoms with Gasteiger partial charge in [-0.25, -0.2) is 0 Å². The molecule has 1 unspecified atom stereocenters. The number of nitrogens with one attached hydrogen (secondary N) is 1. The molecule has 0 aromatic heterocycles. The van der Waals surface area contributed by atoms with Crippen molar-refractivity contribution in [3.8, 4) is 5.75 Å². The topological polar surface area (TPSA) is 50.8 Å². The number of hydrogen-bond donors (Lipinski definition) is 1. The molecule has 1 atom stereocenters. The molecule has 2 rings (SSSR count). The van der Waals surface area contributed by atoms with Crippen LogP contribution >= 0.6 is 24.0 Å². The summed E-state index contributed by atoms with van der Waals surface area (Å²) >= 11 is 5.80. The summed E-state index contributed by atoms with van der Waals surface area (Å²) in [5.41, 5.74) is 0. The highest BCUT2D eigenvalue weighted by Gasteiger charge is 2.19. The molecule has 0 saturated carbocycles. The Morgan fingerprint density at radius 1 is 1.45 bits per heavy atom. The molecule has 0 spiro atoms. The number of halogens is 2. The van der Waals surface area contributed by atoms with Gasteiger partial charge in [-0.05, 0) is 24.3 Å². The first-order valence-corrected chi connectivity index (χ1v) is 7.47. The molecule has 1 aliphatic heterocycles. The molecule has 22 heavy (non-hydrogen) atoms. The van der Waals surface area contributed by atoms with Gasteiger partial charge >= 0.3 is 0 Å². The van der Waals surface area contributed by atoms with E-state index in [2.05, 4.69) is 5.32 Å². The van der Waals surface area contributed by atoms with Gasteiger partial charge in [0, 0.05) is 25.2 Å². The molecule has 0 aliphatic carbocycles. The smallest absolute Gasteiger partial charge is 0.225 e. The first kappa shape index (κ1) is 19.0. The number of likely N-dealkylation sites (N-methyl/N-ethyl adjacent to an activating group) is 1. The van der Waals surface area contributed by atoms with Crippen molar-refractivity contribution < 1.29 is 14.3 Å². The van der Waals surface area contributed by atoms with E-state index in [0.717, 1.165) is 18.8 Å². The number of carbonyl (C=O) groups excluding carboxylic acids is 1. The lowest BCUT2D eigenvalue weighted by Gasteiger charge is -2.25. The summed E-state index contributed by atoms with van der Waals surface area (Å²) in [5, 5.41) is 3.89. The third kappa shape index (κ3) is 6.40. The molecule has 0 radical (unpaired) electrons. The second-order valence-corrected chi connectivity index (χ2v) is 5.46. The van der Waals surface area contributed by atoms with E-state index in [9.17, 15) is 4.79 Å². The van der Waals surface area contributed by atoms with Gasteiger partial charge in [-0.15, -0.1) is 12.4 Å². The van der Waals surface area contributed by atoms with Crippen LogP contribution in [0.25, 0.3) is 0 Å². The lowest BCUT2D eigenvalue weighted by Crippen LogP contribution is -2.42. The van der Waals surface area contributed by atoms with Crippen LogP contribution in [0.5, 0.6) is 5.75 Å². The van der Waals surface area contributed by atoms with Crippen molar-refractivity contribution in [1.82, 2.24) is 10.2 Å². The van der Waals surface area contributed by atoms with Gasteiger partial charge in [0.25, 0.3) is 0 Å². The fraction of sp³-hybridized carbons (Fsp3) is 0.533. The van der Waals surface area contributed by atoms with Crippen molar-refractivity contribution in [1.29, 1.82) is 0 Å². The second kappa shape index (κ2) is 9.90. The SMILES string of the molecule is CN(CCOc1ccc(Cl)cc1)C(=O)CC1CNCCO1.Cl. The summed E-state index contributed by atoms with van der Waals surface area (Å²) in [4.78, 5) is 13.7. The normalized spacial score (nSPS) is 17.5. The number of hydrogen-bond acceptors (Lipinski definition) is 4. The van der Waals surface area contributed by atoms with Gasteiger partial charge in [0.1, 0.15) is 12.4 Å². The minimum Gasteiger partial charge on any atom is -0.492 e. The first-order chi connectivity index (χ1) is 10.1. The molecule has 1 N–H and O–H groups in total. The van der Waals surface area contributed by atoms with Gasteiger partial charge < -0.3 is 19.7 Å². The van der Waals surface area contributed by atoms with E-state index >= 15 is 0 Å². The van der Waals surface area contributed by atoms with Crippen LogP contribution in [0, 0.1) is 0 Å². The number of benzene rings is 1. The largest absolute Gasteiger partial charge is 0.492 e. The molecule has 1 aromatic rings. The Bertz CT molecular complexity index is 451. The minimum atomic E-state index is -0.0223. The van der Waals surface area contributed by atoms with Gasteiger partial charge in [-0.3, -0.25) is 4.79 Å². The number of rotatable bonds is 6. The zero-order chi connectivity index (χ0) is 15.1. The summed E-state index contributed by atoms with van der Waals surface area (Å²) in [6.45, 7) is 3.26. The fourth-order valence-electron chi connectivity index (χ4n) is 2.06. The number of ether oxygens (including phenoxy) is 2. The molecular formula is C15H22Cl2N2O3. The Morgan fingerprint density at radius 2 is 2.18 bits per heavy atom. The maximum absolute atomic E-state index is 12.0. The lowest BCUT2D eigenvalue weighted by atomic mass is 10.2. The van der Waals surface area contributed by atoms with E-state index < -0.39 is 0 Å². The standard InChI is InChI=1S/C15H21ClN2O3.ClH/c1-18(15(19)10-14-11-17-6-8-20-14)7-9-21-13-4-2-12(16)3-5-13;/h2-5,14,17H,6-11H2,1H3;1H. The molecule has 7 heteroatoms. The molecule has 1 aromatic carbocycles. The van der Waals surface area contributed by atoms with Gasteiger partial charge in [-0.1, -0.05) is 11.6 Å². The Hall–Kier alpha value is -1.01. The van der Waals surface area contributed by atoms with Crippen LogP contribution < -0.4 is 10.1 Å². The maximum atomic E-state index is 12.0. The molecule has 124 valence electrons. The summed E-state index contributed by atoms with van der Waals surface area (Å²) in [7, 11) is 1.78. The number of nitrogens with zero attached hydrogens (tertiary/aromatic N) is 1. The van der Waals surface area contributed by atoms with Crippen molar-refractivity contribution in [2.45, 2.75) is 12.5 Å². The second-order valence-electron chi connectivity index (χ2n) is 5.02. The van der Waals surface area contributed by atoms with Crippen LogP contribution in [0.4, 0.5) is 0 Å². The Balaban J connectivity index is 0.00000242. The molecule has 1 saturated heterocycles. The van der Waals surface area contributed by atoms with Crippen molar-refractivity contribution >= 4 is 29.9 Å². The highest BCUT2D eigenvalue weighted by Crippen LogP contribution is 2.15. The number of amides is 1. The van der Waals surface area contributed by atoms with Crippen molar-refractivity contribution in [3.05, 3.63) is 29.3 Å². The van der Waals surface area contributed by atoms with E-state index in [4.69, 9.17) is 21.1 Å². The van der Waals surface area contributed by atoms with Crippen LogP contribution in [-0.4, -0.2) is 56.8 Å². The molecular weight excluding hydrogens is 327 g/mol. The van der Waals surface area contributed by atoms with Gasteiger partial charge in [0.2, 0.25) is 5.91 Å².